The number of aromatic amines is 1. The Hall–Kier alpha value is -3.04. The molecule has 8 nitrogen and oxygen atoms in total. The zero-order valence-corrected chi connectivity index (χ0v) is 17.7. The number of nitrogens with zero attached hydrogens (tertiary/aromatic N) is 4. The Morgan fingerprint density at radius 1 is 1.26 bits per heavy atom. The number of H-pyrrole nitrogens is 1. The number of benzene rings is 1. The number of amides is 1. The molecule has 1 aliphatic heterocycles. The molecule has 158 valence electrons. The van der Waals surface area contributed by atoms with Gasteiger partial charge in [-0.3, -0.25) is 9.89 Å². The van der Waals surface area contributed by atoms with Crippen LogP contribution in [0.4, 0.5) is 11.5 Å². The topological polar surface area (TPSA) is 96.0 Å². The minimum atomic E-state index is 0.0477. The molecule has 4 aromatic rings. The number of nitrogens with one attached hydrogen (secondary N) is 2. The van der Waals surface area contributed by atoms with Gasteiger partial charge in [0.2, 0.25) is 5.91 Å². The minimum absolute atomic E-state index is 0.0477. The lowest BCUT2D eigenvalue weighted by Gasteiger charge is -2.31. The molecule has 1 saturated heterocycles. The maximum absolute atomic E-state index is 13.0. The van der Waals surface area contributed by atoms with Gasteiger partial charge >= 0.3 is 0 Å². The number of ether oxygens (including phenoxy) is 1. The maximum atomic E-state index is 13.0. The summed E-state index contributed by atoms with van der Waals surface area (Å²) in [6, 6.07) is 6.08. The molecule has 0 radical (unpaired) electrons. The molecule has 3 aromatic heterocycles. The lowest BCUT2D eigenvalue weighted by atomic mass is 9.86. The molecule has 0 bridgehead atoms. The predicted molar refractivity (Wildman–Crippen MR) is 120 cm³/mol. The largest absolute Gasteiger partial charge is 0.378 e. The van der Waals surface area contributed by atoms with Crippen molar-refractivity contribution in [1.82, 2.24) is 25.1 Å². The van der Waals surface area contributed by atoms with Gasteiger partial charge in [-0.1, -0.05) is 0 Å². The van der Waals surface area contributed by atoms with E-state index in [4.69, 9.17) is 4.74 Å². The molecule has 0 spiro atoms. The lowest BCUT2D eigenvalue weighted by Crippen LogP contribution is -2.44. The molecule has 0 saturated carbocycles. The fourth-order valence-electron chi connectivity index (χ4n) is 4.61. The van der Waals surface area contributed by atoms with Crippen LogP contribution in [-0.4, -0.2) is 57.3 Å². The highest BCUT2D eigenvalue weighted by Gasteiger charge is 2.32. The smallest absolute Gasteiger partial charge is 0.226 e. The maximum Gasteiger partial charge on any atom is 0.226 e. The van der Waals surface area contributed by atoms with E-state index in [0.717, 1.165) is 51.9 Å². The summed E-state index contributed by atoms with van der Waals surface area (Å²) in [5, 5.41) is 12.7. The van der Waals surface area contributed by atoms with E-state index in [2.05, 4.69) is 31.5 Å². The van der Waals surface area contributed by atoms with Crippen LogP contribution < -0.4 is 5.32 Å². The fourth-order valence-corrected chi connectivity index (χ4v) is 5.88. The van der Waals surface area contributed by atoms with Crippen LogP contribution in [0.2, 0.25) is 0 Å². The van der Waals surface area contributed by atoms with Crippen molar-refractivity contribution in [2.24, 2.45) is 5.92 Å². The van der Waals surface area contributed by atoms with Gasteiger partial charge in [-0.05, 0) is 43.0 Å². The predicted octanol–water partition coefficient (Wildman–Crippen LogP) is 3.27. The van der Waals surface area contributed by atoms with E-state index in [-0.39, 0.29) is 11.8 Å². The molecule has 1 atom stereocenters. The van der Waals surface area contributed by atoms with Crippen molar-refractivity contribution in [3.63, 3.8) is 0 Å². The van der Waals surface area contributed by atoms with Crippen LogP contribution >= 0.6 is 11.3 Å². The summed E-state index contributed by atoms with van der Waals surface area (Å²) in [4.78, 5) is 26.3. The second kappa shape index (κ2) is 7.58. The van der Waals surface area contributed by atoms with Gasteiger partial charge in [0, 0.05) is 35.0 Å². The van der Waals surface area contributed by atoms with Crippen molar-refractivity contribution >= 4 is 49.9 Å². The minimum Gasteiger partial charge on any atom is -0.378 e. The molecule has 2 N–H and O–H groups in total. The number of hydrogen-bond donors (Lipinski definition) is 2. The quantitative estimate of drug-likeness (QED) is 0.514. The number of hydrogen-bond acceptors (Lipinski definition) is 7. The highest BCUT2D eigenvalue weighted by molar-refractivity contribution is 7.19. The van der Waals surface area contributed by atoms with E-state index in [9.17, 15) is 4.79 Å². The van der Waals surface area contributed by atoms with Crippen LogP contribution in [0.3, 0.4) is 0 Å². The zero-order chi connectivity index (χ0) is 20.8. The van der Waals surface area contributed by atoms with Crippen LogP contribution in [0.5, 0.6) is 0 Å². The Labute approximate surface area is 182 Å². The molecule has 6 rings (SSSR count). The Morgan fingerprint density at radius 3 is 3.06 bits per heavy atom. The third kappa shape index (κ3) is 3.34. The molecule has 1 fully saturated rings. The highest BCUT2D eigenvalue weighted by Crippen LogP contribution is 2.41. The summed E-state index contributed by atoms with van der Waals surface area (Å²) in [6.45, 7) is 2.69. The van der Waals surface area contributed by atoms with Gasteiger partial charge in [0.05, 0.1) is 30.3 Å². The molecule has 1 unspecified atom stereocenters. The van der Waals surface area contributed by atoms with Gasteiger partial charge in [-0.2, -0.15) is 5.10 Å². The van der Waals surface area contributed by atoms with Crippen molar-refractivity contribution in [1.29, 1.82) is 0 Å². The number of carbonyl (C=O) groups excluding carboxylic acids is 1. The summed E-state index contributed by atoms with van der Waals surface area (Å²) in [7, 11) is 0. The number of fused-ring (bicyclic) bond motifs is 4. The number of anilines is 2. The molecule has 1 amide bonds. The standard InChI is InChI=1S/C22H22N6O2S/c29-22(28-5-7-30-8-6-28)13-1-3-16-18(10-13)31-21-19(16)20(23-12-24-21)26-15-2-4-17-14(9-15)11-25-27-17/h2,4,9,11-13H,1,3,5-8,10H2,(H,25,27)(H,23,24,26). The van der Waals surface area contributed by atoms with E-state index < -0.39 is 0 Å². The van der Waals surface area contributed by atoms with Gasteiger partial charge in [0.1, 0.15) is 17.0 Å². The van der Waals surface area contributed by atoms with E-state index in [1.54, 1.807) is 17.7 Å². The molecule has 4 heterocycles. The SMILES string of the molecule is O=C(C1CCc2c(sc3ncnc(Nc4ccc5[nH]ncc5c4)c23)C1)N1CCOCC1. The van der Waals surface area contributed by atoms with Gasteiger partial charge in [-0.25, -0.2) is 9.97 Å². The number of aromatic nitrogens is 4. The normalized spacial score (nSPS) is 19.0. The van der Waals surface area contributed by atoms with Crippen molar-refractivity contribution < 1.29 is 9.53 Å². The first-order valence-corrected chi connectivity index (χ1v) is 11.4. The highest BCUT2D eigenvalue weighted by atomic mass is 32.1. The average molecular weight is 435 g/mol. The van der Waals surface area contributed by atoms with Crippen molar-refractivity contribution in [3.8, 4) is 0 Å². The first kappa shape index (κ1) is 18.7. The first-order chi connectivity index (χ1) is 15.3. The molecular weight excluding hydrogens is 412 g/mol. The van der Waals surface area contributed by atoms with Crippen molar-refractivity contribution in [2.75, 3.05) is 31.6 Å². The summed E-state index contributed by atoms with van der Waals surface area (Å²) in [5.41, 5.74) is 3.26. The first-order valence-electron chi connectivity index (χ1n) is 10.6. The summed E-state index contributed by atoms with van der Waals surface area (Å²) < 4.78 is 5.40. The number of aryl methyl sites for hydroxylation is 1. The number of morpholine rings is 1. The van der Waals surface area contributed by atoms with Gasteiger partial charge in [0.25, 0.3) is 0 Å². The Balaban J connectivity index is 1.30. The van der Waals surface area contributed by atoms with Crippen LogP contribution in [0.1, 0.15) is 16.9 Å². The zero-order valence-electron chi connectivity index (χ0n) is 16.9. The average Bonchev–Trinajstić information content (AvgIpc) is 3.43. The van der Waals surface area contributed by atoms with Crippen molar-refractivity contribution in [3.05, 3.63) is 41.2 Å². The summed E-state index contributed by atoms with van der Waals surface area (Å²) in [6.07, 6.45) is 5.95. The van der Waals surface area contributed by atoms with Crippen molar-refractivity contribution in [2.45, 2.75) is 19.3 Å². The number of carbonyl (C=O) groups is 1. The van der Waals surface area contributed by atoms with Gasteiger partial charge < -0.3 is 15.0 Å². The Bertz CT molecular complexity index is 1280. The molecule has 2 aliphatic rings. The third-order valence-electron chi connectivity index (χ3n) is 6.22. The van der Waals surface area contributed by atoms with Crippen LogP contribution in [-0.2, 0) is 22.4 Å². The third-order valence-corrected chi connectivity index (χ3v) is 7.38. The van der Waals surface area contributed by atoms with E-state index in [0.29, 0.717) is 26.3 Å². The Kier molecular flexibility index (Phi) is 4.57. The van der Waals surface area contributed by atoms with Crippen LogP contribution in [0.25, 0.3) is 21.1 Å². The van der Waals surface area contributed by atoms with Gasteiger partial charge in [0.15, 0.2) is 0 Å². The Morgan fingerprint density at radius 2 is 2.16 bits per heavy atom. The molecule has 1 aromatic carbocycles. The van der Waals surface area contributed by atoms with Crippen LogP contribution in [0.15, 0.2) is 30.7 Å². The van der Waals surface area contributed by atoms with E-state index in [1.165, 1.54) is 10.4 Å². The van der Waals surface area contributed by atoms with Crippen LogP contribution in [0, 0.1) is 5.92 Å². The second-order valence-corrected chi connectivity index (χ2v) is 9.16. The van der Waals surface area contributed by atoms with E-state index >= 15 is 0 Å². The molecule has 9 heteroatoms. The fraction of sp³-hybridized carbons (Fsp3) is 0.364. The number of thiophene rings is 1. The monoisotopic (exact) mass is 434 g/mol. The molecular formula is C22H22N6O2S. The summed E-state index contributed by atoms with van der Waals surface area (Å²) in [5.74, 6) is 1.14. The van der Waals surface area contributed by atoms with E-state index in [1.807, 2.05) is 23.2 Å². The lowest BCUT2D eigenvalue weighted by molar-refractivity contribution is -0.140. The second-order valence-electron chi connectivity index (χ2n) is 8.08. The van der Waals surface area contributed by atoms with Gasteiger partial charge in [-0.15, -0.1) is 11.3 Å². The number of rotatable bonds is 3. The molecule has 1 aliphatic carbocycles. The summed E-state index contributed by atoms with van der Waals surface area (Å²) >= 11 is 1.69. The molecule has 31 heavy (non-hydrogen) atoms.